The summed E-state index contributed by atoms with van der Waals surface area (Å²) >= 11 is 0. The molecule has 1 unspecified atom stereocenters. The number of hydrogen-bond acceptors (Lipinski definition) is 6. The fourth-order valence-corrected chi connectivity index (χ4v) is 4.66. The van der Waals surface area contributed by atoms with E-state index < -0.39 is 0 Å². The van der Waals surface area contributed by atoms with Gasteiger partial charge in [0.25, 0.3) is 0 Å². The average molecular weight is 422 g/mol. The van der Waals surface area contributed by atoms with Crippen LogP contribution in [0.25, 0.3) is 11.5 Å². The summed E-state index contributed by atoms with van der Waals surface area (Å²) < 4.78 is 24.9. The van der Waals surface area contributed by atoms with Crippen LogP contribution in [0.3, 0.4) is 0 Å². The number of halogens is 1. The zero-order valence-corrected chi connectivity index (χ0v) is 17.0. The van der Waals surface area contributed by atoms with Crippen molar-refractivity contribution in [2.24, 2.45) is 5.41 Å². The molecule has 1 spiro atoms. The molecule has 1 atom stereocenters. The van der Waals surface area contributed by atoms with Crippen LogP contribution in [0.5, 0.6) is 0 Å². The van der Waals surface area contributed by atoms with Crippen LogP contribution in [0.1, 0.15) is 30.2 Å². The first-order valence-corrected chi connectivity index (χ1v) is 10.5. The van der Waals surface area contributed by atoms with Crippen LogP contribution in [0.4, 0.5) is 4.39 Å². The SMILES string of the molecule is O=C(Cc1ccc(F)cc1)N1CC(c2nnc(-c3ccncc3)o2)C2(CCOCC2)C1. The predicted molar refractivity (Wildman–Crippen MR) is 109 cm³/mol. The highest BCUT2D eigenvalue weighted by atomic mass is 19.1. The third-order valence-corrected chi connectivity index (χ3v) is 6.42. The lowest BCUT2D eigenvalue weighted by Crippen LogP contribution is -2.37. The van der Waals surface area contributed by atoms with E-state index in [9.17, 15) is 9.18 Å². The first-order valence-electron chi connectivity index (χ1n) is 10.5. The van der Waals surface area contributed by atoms with Gasteiger partial charge in [-0.3, -0.25) is 9.78 Å². The highest BCUT2D eigenvalue weighted by Gasteiger charge is 2.51. The summed E-state index contributed by atoms with van der Waals surface area (Å²) in [7, 11) is 0. The summed E-state index contributed by atoms with van der Waals surface area (Å²) in [6, 6.07) is 9.74. The van der Waals surface area contributed by atoms with Crippen molar-refractivity contribution in [2.75, 3.05) is 26.3 Å². The Kier molecular flexibility index (Phi) is 5.23. The van der Waals surface area contributed by atoms with Gasteiger partial charge in [0.15, 0.2) is 0 Å². The summed E-state index contributed by atoms with van der Waals surface area (Å²) in [4.78, 5) is 19.0. The normalized spacial score (nSPS) is 20.3. The van der Waals surface area contributed by atoms with Crippen LogP contribution in [-0.2, 0) is 16.0 Å². The molecule has 2 saturated heterocycles. The van der Waals surface area contributed by atoms with Crippen molar-refractivity contribution in [1.82, 2.24) is 20.1 Å². The van der Waals surface area contributed by atoms with Gasteiger partial charge in [0.2, 0.25) is 17.7 Å². The number of likely N-dealkylation sites (tertiary alicyclic amines) is 1. The van der Waals surface area contributed by atoms with Crippen LogP contribution in [0.2, 0.25) is 0 Å². The maximum absolute atomic E-state index is 13.2. The van der Waals surface area contributed by atoms with Crippen molar-refractivity contribution in [3.63, 3.8) is 0 Å². The molecule has 0 aliphatic carbocycles. The lowest BCUT2D eigenvalue weighted by Gasteiger charge is -2.36. The second-order valence-electron chi connectivity index (χ2n) is 8.29. The lowest BCUT2D eigenvalue weighted by atomic mass is 9.72. The molecule has 5 rings (SSSR count). The number of aromatic nitrogens is 3. The number of carbonyl (C=O) groups is 1. The maximum Gasteiger partial charge on any atom is 0.247 e. The quantitative estimate of drug-likeness (QED) is 0.642. The Hall–Kier alpha value is -3.13. The summed E-state index contributed by atoms with van der Waals surface area (Å²) in [5.74, 6) is 0.687. The number of pyridine rings is 1. The van der Waals surface area contributed by atoms with Gasteiger partial charge in [-0.1, -0.05) is 12.1 Å². The van der Waals surface area contributed by atoms with Crippen molar-refractivity contribution < 1.29 is 18.3 Å². The molecule has 160 valence electrons. The minimum absolute atomic E-state index is 0.0221. The van der Waals surface area contributed by atoms with Gasteiger partial charge < -0.3 is 14.1 Å². The smallest absolute Gasteiger partial charge is 0.247 e. The molecule has 1 amide bonds. The molecular formula is C23H23FN4O3. The maximum atomic E-state index is 13.2. The van der Waals surface area contributed by atoms with Crippen LogP contribution in [0.15, 0.2) is 53.2 Å². The summed E-state index contributed by atoms with van der Waals surface area (Å²) in [5.41, 5.74) is 1.48. The molecule has 31 heavy (non-hydrogen) atoms. The summed E-state index contributed by atoms with van der Waals surface area (Å²) in [6.45, 7) is 2.47. The zero-order valence-electron chi connectivity index (χ0n) is 17.0. The van der Waals surface area contributed by atoms with Gasteiger partial charge in [-0.2, -0.15) is 0 Å². The largest absolute Gasteiger partial charge is 0.420 e. The first-order chi connectivity index (χ1) is 15.1. The Morgan fingerprint density at radius 3 is 2.58 bits per heavy atom. The molecule has 7 nitrogen and oxygen atoms in total. The van der Waals surface area contributed by atoms with Crippen LogP contribution in [0, 0.1) is 11.2 Å². The number of carbonyl (C=O) groups excluding carboxylic acids is 1. The van der Waals surface area contributed by atoms with E-state index in [1.165, 1.54) is 12.1 Å². The molecule has 8 heteroatoms. The molecule has 0 radical (unpaired) electrons. The van der Waals surface area contributed by atoms with Gasteiger partial charge in [0, 0.05) is 49.7 Å². The molecule has 1 aromatic carbocycles. The van der Waals surface area contributed by atoms with E-state index in [0.29, 0.717) is 38.1 Å². The van der Waals surface area contributed by atoms with Gasteiger partial charge in [-0.15, -0.1) is 10.2 Å². The minimum Gasteiger partial charge on any atom is -0.420 e. The van der Waals surface area contributed by atoms with Crippen molar-refractivity contribution >= 4 is 5.91 Å². The van der Waals surface area contributed by atoms with Gasteiger partial charge in [0.05, 0.1) is 12.3 Å². The van der Waals surface area contributed by atoms with Gasteiger partial charge in [0.1, 0.15) is 5.82 Å². The van der Waals surface area contributed by atoms with E-state index in [2.05, 4.69) is 15.2 Å². The first kappa shape index (κ1) is 19.8. The molecule has 2 aromatic heterocycles. The lowest BCUT2D eigenvalue weighted by molar-refractivity contribution is -0.130. The average Bonchev–Trinajstić information content (AvgIpc) is 3.42. The number of amides is 1. The van der Waals surface area contributed by atoms with Crippen LogP contribution >= 0.6 is 0 Å². The fraction of sp³-hybridized carbons (Fsp3) is 0.391. The fourth-order valence-electron chi connectivity index (χ4n) is 4.66. The molecule has 0 saturated carbocycles. The Morgan fingerprint density at radius 1 is 1.10 bits per heavy atom. The van der Waals surface area contributed by atoms with Crippen molar-refractivity contribution in [1.29, 1.82) is 0 Å². The van der Waals surface area contributed by atoms with Crippen molar-refractivity contribution in [3.05, 3.63) is 66.1 Å². The summed E-state index contributed by atoms with van der Waals surface area (Å²) in [6.07, 6.45) is 5.29. The Labute approximate surface area is 179 Å². The third-order valence-electron chi connectivity index (χ3n) is 6.42. The highest BCUT2D eigenvalue weighted by molar-refractivity contribution is 5.79. The highest BCUT2D eigenvalue weighted by Crippen LogP contribution is 2.49. The van der Waals surface area contributed by atoms with Crippen molar-refractivity contribution in [2.45, 2.75) is 25.2 Å². The van der Waals surface area contributed by atoms with Gasteiger partial charge in [-0.05, 0) is 42.7 Å². The van der Waals surface area contributed by atoms with Gasteiger partial charge in [-0.25, -0.2) is 4.39 Å². The zero-order chi connectivity index (χ0) is 21.3. The molecule has 0 N–H and O–H groups in total. The second-order valence-corrected chi connectivity index (χ2v) is 8.29. The molecule has 4 heterocycles. The minimum atomic E-state index is -0.306. The van der Waals surface area contributed by atoms with E-state index in [4.69, 9.17) is 9.15 Å². The number of hydrogen-bond donors (Lipinski definition) is 0. The van der Waals surface area contributed by atoms with E-state index in [1.807, 2.05) is 17.0 Å². The topological polar surface area (TPSA) is 81.4 Å². The molecule has 2 aliphatic heterocycles. The van der Waals surface area contributed by atoms with E-state index in [1.54, 1.807) is 24.5 Å². The monoisotopic (exact) mass is 422 g/mol. The van der Waals surface area contributed by atoms with E-state index in [-0.39, 0.29) is 29.5 Å². The Balaban J connectivity index is 1.39. The molecule has 3 aromatic rings. The van der Waals surface area contributed by atoms with E-state index in [0.717, 1.165) is 24.0 Å². The third kappa shape index (κ3) is 3.95. The number of ether oxygens (including phenoxy) is 1. The Morgan fingerprint density at radius 2 is 1.84 bits per heavy atom. The molecule has 0 bridgehead atoms. The van der Waals surface area contributed by atoms with Gasteiger partial charge >= 0.3 is 0 Å². The standard InChI is InChI=1S/C23H23FN4O3/c24-18-3-1-16(2-4-18)13-20(29)28-14-19(23(15-28)7-11-30-12-8-23)22-27-26-21(31-22)17-5-9-25-10-6-17/h1-6,9-10,19H,7-8,11-15H2. The second kappa shape index (κ2) is 8.19. The van der Waals surface area contributed by atoms with Crippen LogP contribution < -0.4 is 0 Å². The molecule has 2 fully saturated rings. The Bertz CT molecular complexity index is 1050. The number of rotatable bonds is 4. The predicted octanol–water partition coefficient (Wildman–Crippen LogP) is 3.24. The summed E-state index contributed by atoms with van der Waals surface area (Å²) in [5, 5.41) is 8.59. The van der Waals surface area contributed by atoms with Crippen LogP contribution in [-0.4, -0.2) is 52.3 Å². The molecule has 2 aliphatic rings. The molecular weight excluding hydrogens is 399 g/mol. The number of benzene rings is 1. The van der Waals surface area contributed by atoms with Crippen molar-refractivity contribution in [3.8, 4) is 11.5 Å². The van der Waals surface area contributed by atoms with E-state index >= 15 is 0 Å². The number of nitrogens with zero attached hydrogens (tertiary/aromatic N) is 4.